The molecule has 1 aromatic rings. The molecule has 0 fully saturated rings. The number of aliphatic hydroxyl groups excluding tert-OH is 1. The number of rotatable bonds is 8. The molecule has 0 aliphatic carbocycles. The van der Waals surface area contributed by atoms with Gasteiger partial charge in [-0.2, -0.15) is 5.10 Å². The lowest BCUT2D eigenvalue weighted by Gasteiger charge is -2.32. The van der Waals surface area contributed by atoms with E-state index in [1.54, 1.807) is 6.20 Å². The fraction of sp³-hybridized carbons (Fsp3) is 0.714. The van der Waals surface area contributed by atoms with Crippen LogP contribution in [-0.4, -0.2) is 27.0 Å². The minimum atomic E-state index is -0.465. The highest BCUT2D eigenvalue weighted by Gasteiger charge is 2.26. The van der Waals surface area contributed by atoms with Crippen molar-refractivity contribution in [3.63, 3.8) is 0 Å². The summed E-state index contributed by atoms with van der Waals surface area (Å²) in [5.74, 6) is 0. The van der Waals surface area contributed by atoms with Crippen LogP contribution in [0.25, 0.3) is 0 Å². The second kappa shape index (κ2) is 7.64. The predicted octanol–water partition coefficient (Wildman–Crippen LogP) is 2.66. The number of aryl methyl sites for hydroxylation is 1. The second-order valence-electron chi connectivity index (χ2n) is 5.02. The average Bonchev–Trinajstić information content (AvgIpc) is 2.48. The number of halogens is 1. The van der Waals surface area contributed by atoms with Crippen LogP contribution in [0.5, 0.6) is 0 Å². The number of nitrogens with one attached hydrogen (secondary N) is 1. The van der Waals surface area contributed by atoms with Crippen LogP contribution in [0.4, 0.5) is 5.69 Å². The van der Waals surface area contributed by atoms with E-state index >= 15 is 0 Å². The van der Waals surface area contributed by atoms with E-state index in [0.717, 1.165) is 25.7 Å². The molecular formula is C14H24ClN3O2. The van der Waals surface area contributed by atoms with Gasteiger partial charge in [0.05, 0.1) is 24.0 Å². The Morgan fingerprint density at radius 2 is 2.05 bits per heavy atom. The Bertz CT molecular complexity index is 476. The van der Waals surface area contributed by atoms with Crippen LogP contribution < -0.4 is 10.9 Å². The Balaban J connectivity index is 3.03. The summed E-state index contributed by atoms with van der Waals surface area (Å²) in [5.41, 5.74) is -0.265. The number of anilines is 1. The topological polar surface area (TPSA) is 67.2 Å². The lowest BCUT2D eigenvalue weighted by molar-refractivity contribution is 0.202. The van der Waals surface area contributed by atoms with Gasteiger partial charge in [-0.15, -0.1) is 0 Å². The lowest BCUT2D eigenvalue weighted by Crippen LogP contribution is -2.41. The highest BCUT2D eigenvalue weighted by atomic mass is 35.5. The molecule has 1 rings (SSSR count). The summed E-state index contributed by atoms with van der Waals surface area (Å²) in [6, 6.07) is 0. The number of aromatic nitrogens is 2. The van der Waals surface area contributed by atoms with Crippen LogP contribution in [0.2, 0.25) is 5.02 Å². The van der Waals surface area contributed by atoms with Gasteiger partial charge in [0.1, 0.15) is 5.02 Å². The van der Waals surface area contributed by atoms with E-state index in [4.69, 9.17) is 11.6 Å². The van der Waals surface area contributed by atoms with E-state index in [2.05, 4.69) is 17.3 Å². The third kappa shape index (κ3) is 3.73. The first-order valence-corrected chi connectivity index (χ1v) is 7.56. The summed E-state index contributed by atoms with van der Waals surface area (Å²) in [5, 5.41) is 17.0. The molecule has 5 nitrogen and oxygen atoms in total. The molecule has 6 heteroatoms. The summed E-state index contributed by atoms with van der Waals surface area (Å²) in [4.78, 5) is 12.1. The molecule has 0 aliphatic rings. The lowest BCUT2D eigenvalue weighted by atomic mass is 9.93. The number of nitrogens with zero attached hydrogens (tertiary/aromatic N) is 2. The SMILES string of the molecule is CCCCn1ncc(NC(CC)(CC)CO)c(Cl)c1=O. The van der Waals surface area contributed by atoms with Crippen LogP contribution in [0.1, 0.15) is 46.5 Å². The van der Waals surface area contributed by atoms with Crippen molar-refractivity contribution in [2.75, 3.05) is 11.9 Å². The zero-order valence-electron chi connectivity index (χ0n) is 12.4. The van der Waals surface area contributed by atoms with Crippen molar-refractivity contribution in [1.29, 1.82) is 0 Å². The van der Waals surface area contributed by atoms with E-state index in [1.165, 1.54) is 4.68 Å². The standard InChI is InChI=1S/C14H24ClN3O2/c1-4-7-8-18-13(20)12(15)11(9-16-18)17-14(5-2,6-3)10-19/h9,17,19H,4-8,10H2,1-3H3. The number of hydrogen-bond acceptors (Lipinski definition) is 4. The first kappa shape index (κ1) is 17.0. The zero-order valence-corrected chi connectivity index (χ0v) is 13.2. The molecule has 20 heavy (non-hydrogen) atoms. The van der Waals surface area contributed by atoms with Gasteiger partial charge >= 0.3 is 0 Å². The van der Waals surface area contributed by atoms with Gasteiger partial charge in [0, 0.05) is 6.54 Å². The van der Waals surface area contributed by atoms with Gasteiger partial charge in [-0.25, -0.2) is 4.68 Å². The normalized spacial score (nSPS) is 11.7. The summed E-state index contributed by atoms with van der Waals surface area (Å²) in [6.07, 6.45) is 4.91. The minimum absolute atomic E-state index is 0.0186. The van der Waals surface area contributed by atoms with Crippen molar-refractivity contribution in [1.82, 2.24) is 9.78 Å². The van der Waals surface area contributed by atoms with Crippen molar-refractivity contribution in [3.05, 3.63) is 21.6 Å². The predicted molar refractivity (Wildman–Crippen MR) is 82.4 cm³/mol. The quantitative estimate of drug-likeness (QED) is 0.774. The van der Waals surface area contributed by atoms with Gasteiger partial charge < -0.3 is 10.4 Å². The maximum absolute atomic E-state index is 12.1. The Labute approximate surface area is 125 Å². The molecule has 0 saturated carbocycles. The summed E-state index contributed by atoms with van der Waals surface area (Å²) >= 11 is 6.14. The molecule has 0 radical (unpaired) electrons. The molecule has 0 atom stereocenters. The van der Waals surface area contributed by atoms with Crippen molar-refractivity contribution < 1.29 is 5.11 Å². The molecular weight excluding hydrogens is 278 g/mol. The van der Waals surface area contributed by atoms with Crippen molar-refractivity contribution in [3.8, 4) is 0 Å². The molecule has 0 spiro atoms. The van der Waals surface area contributed by atoms with E-state index in [0.29, 0.717) is 12.2 Å². The Morgan fingerprint density at radius 3 is 2.55 bits per heavy atom. The van der Waals surface area contributed by atoms with Gasteiger partial charge in [0.25, 0.3) is 5.56 Å². The second-order valence-corrected chi connectivity index (χ2v) is 5.40. The van der Waals surface area contributed by atoms with E-state index in [1.807, 2.05) is 13.8 Å². The Hall–Kier alpha value is -1.07. The minimum Gasteiger partial charge on any atom is -0.394 e. The summed E-state index contributed by atoms with van der Waals surface area (Å²) < 4.78 is 1.38. The maximum atomic E-state index is 12.1. The van der Waals surface area contributed by atoms with Crippen molar-refractivity contribution >= 4 is 17.3 Å². The number of aliphatic hydroxyl groups is 1. The monoisotopic (exact) mass is 301 g/mol. The fourth-order valence-corrected chi connectivity index (χ4v) is 2.19. The van der Waals surface area contributed by atoms with Crippen LogP contribution in [0.3, 0.4) is 0 Å². The highest BCUT2D eigenvalue weighted by molar-refractivity contribution is 6.32. The summed E-state index contributed by atoms with van der Waals surface area (Å²) in [6.45, 7) is 6.57. The Morgan fingerprint density at radius 1 is 1.40 bits per heavy atom. The third-order valence-corrected chi connectivity index (χ3v) is 4.13. The molecule has 1 aromatic heterocycles. The molecule has 0 saturated heterocycles. The van der Waals surface area contributed by atoms with Crippen LogP contribution in [0, 0.1) is 0 Å². The Kier molecular flexibility index (Phi) is 6.49. The molecule has 0 aromatic carbocycles. The highest BCUT2D eigenvalue weighted by Crippen LogP contribution is 2.25. The van der Waals surface area contributed by atoms with E-state index < -0.39 is 5.54 Å². The molecule has 0 amide bonds. The third-order valence-electron chi connectivity index (χ3n) is 3.76. The van der Waals surface area contributed by atoms with Gasteiger partial charge in [-0.1, -0.05) is 38.8 Å². The van der Waals surface area contributed by atoms with Crippen LogP contribution >= 0.6 is 11.6 Å². The van der Waals surface area contributed by atoms with Gasteiger partial charge in [-0.05, 0) is 19.3 Å². The molecule has 0 aliphatic heterocycles. The first-order chi connectivity index (χ1) is 9.53. The number of unbranched alkanes of at least 4 members (excludes halogenated alkanes) is 1. The maximum Gasteiger partial charge on any atom is 0.287 e. The molecule has 2 N–H and O–H groups in total. The molecule has 0 bridgehead atoms. The van der Waals surface area contributed by atoms with Crippen LogP contribution in [0.15, 0.2) is 11.0 Å². The fourth-order valence-electron chi connectivity index (χ4n) is 1.99. The summed E-state index contributed by atoms with van der Waals surface area (Å²) in [7, 11) is 0. The zero-order chi connectivity index (χ0) is 15.2. The molecule has 114 valence electrons. The largest absolute Gasteiger partial charge is 0.394 e. The van der Waals surface area contributed by atoms with E-state index in [-0.39, 0.29) is 17.2 Å². The van der Waals surface area contributed by atoms with Gasteiger partial charge in [-0.3, -0.25) is 4.79 Å². The van der Waals surface area contributed by atoms with Crippen LogP contribution in [-0.2, 0) is 6.54 Å². The molecule has 0 unspecified atom stereocenters. The molecule has 1 heterocycles. The van der Waals surface area contributed by atoms with Crippen molar-refractivity contribution in [2.45, 2.75) is 58.5 Å². The average molecular weight is 302 g/mol. The van der Waals surface area contributed by atoms with Gasteiger partial charge in [0.15, 0.2) is 0 Å². The number of hydrogen-bond donors (Lipinski definition) is 2. The van der Waals surface area contributed by atoms with Gasteiger partial charge in [0.2, 0.25) is 0 Å². The smallest absolute Gasteiger partial charge is 0.287 e. The van der Waals surface area contributed by atoms with Crippen molar-refractivity contribution in [2.24, 2.45) is 0 Å². The first-order valence-electron chi connectivity index (χ1n) is 7.18. The van der Waals surface area contributed by atoms with E-state index in [9.17, 15) is 9.90 Å².